The van der Waals surface area contributed by atoms with E-state index in [0.29, 0.717) is 17.2 Å². The van der Waals surface area contributed by atoms with Crippen molar-refractivity contribution in [3.63, 3.8) is 0 Å². The van der Waals surface area contributed by atoms with Crippen LogP contribution in [0.5, 0.6) is 5.75 Å². The summed E-state index contributed by atoms with van der Waals surface area (Å²) in [7, 11) is 3.35. The lowest BCUT2D eigenvalue weighted by Gasteiger charge is -2.16. The summed E-state index contributed by atoms with van der Waals surface area (Å²) in [6.07, 6.45) is 0.643. The number of benzene rings is 1. The number of hydrogen-bond acceptors (Lipinski definition) is 3. The zero-order valence-corrected chi connectivity index (χ0v) is 10.6. The zero-order valence-electron chi connectivity index (χ0n) is 9.87. The topological polar surface area (TPSA) is 58.6 Å². The molecule has 0 heterocycles. The number of nitrogens with one attached hydrogen (secondary N) is 1. The highest BCUT2D eigenvalue weighted by molar-refractivity contribution is 6.32. The van der Waals surface area contributed by atoms with E-state index in [1.807, 2.05) is 6.07 Å². The van der Waals surface area contributed by atoms with Gasteiger partial charge in [0.05, 0.1) is 12.1 Å². The molecule has 0 saturated carbocycles. The molecule has 2 N–H and O–H groups in total. The Morgan fingerprint density at radius 2 is 2.29 bits per heavy atom. The SMILES string of the molecule is CNC(CCC(=O)O)c1ccc(OC)c(Cl)c1. The molecule has 1 rings (SSSR count). The largest absolute Gasteiger partial charge is 0.495 e. The van der Waals surface area contributed by atoms with Gasteiger partial charge in [-0.3, -0.25) is 4.79 Å². The number of carboxylic acid groups (broad SMARTS) is 1. The van der Waals surface area contributed by atoms with Crippen molar-refractivity contribution >= 4 is 17.6 Å². The van der Waals surface area contributed by atoms with E-state index in [9.17, 15) is 4.79 Å². The Bertz CT molecular complexity index is 395. The van der Waals surface area contributed by atoms with Crippen molar-refractivity contribution < 1.29 is 14.6 Å². The van der Waals surface area contributed by atoms with Crippen LogP contribution in [0.4, 0.5) is 0 Å². The number of halogens is 1. The van der Waals surface area contributed by atoms with Gasteiger partial charge in [0.15, 0.2) is 0 Å². The molecule has 0 fully saturated rings. The number of carboxylic acids is 1. The van der Waals surface area contributed by atoms with Crippen LogP contribution in [-0.2, 0) is 4.79 Å². The fraction of sp³-hybridized carbons (Fsp3) is 0.417. The third kappa shape index (κ3) is 3.91. The molecule has 0 aliphatic heterocycles. The van der Waals surface area contributed by atoms with Crippen molar-refractivity contribution in [3.8, 4) is 5.75 Å². The third-order valence-electron chi connectivity index (χ3n) is 2.57. The second-order valence-corrected chi connectivity index (χ2v) is 4.07. The zero-order chi connectivity index (χ0) is 12.8. The van der Waals surface area contributed by atoms with Gasteiger partial charge in [-0.25, -0.2) is 0 Å². The van der Waals surface area contributed by atoms with Gasteiger partial charge in [-0.2, -0.15) is 0 Å². The average Bonchev–Trinajstić information content (AvgIpc) is 2.29. The summed E-state index contributed by atoms with van der Waals surface area (Å²) in [5.41, 5.74) is 0.958. The van der Waals surface area contributed by atoms with E-state index in [1.54, 1.807) is 26.3 Å². The minimum Gasteiger partial charge on any atom is -0.495 e. The van der Waals surface area contributed by atoms with E-state index in [2.05, 4.69) is 5.32 Å². The van der Waals surface area contributed by atoms with Crippen molar-refractivity contribution in [2.75, 3.05) is 14.2 Å². The molecular weight excluding hydrogens is 242 g/mol. The van der Waals surface area contributed by atoms with E-state index in [1.165, 1.54) is 0 Å². The first-order valence-electron chi connectivity index (χ1n) is 5.31. The Morgan fingerprint density at radius 3 is 2.76 bits per heavy atom. The summed E-state index contributed by atoms with van der Waals surface area (Å²) in [5, 5.41) is 12.3. The predicted octanol–water partition coefficient (Wildman–Crippen LogP) is 2.47. The Morgan fingerprint density at radius 1 is 1.59 bits per heavy atom. The van der Waals surface area contributed by atoms with Crippen LogP contribution in [0.2, 0.25) is 5.02 Å². The van der Waals surface area contributed by atoms with E-state index in [0.717, 1.165) is 5.56 Å². The molecule has 1 aromatic rings. The number of ether oxygens (including phenoxy) is 1. The van der Waals surface area contributed by atoms with Gasteiger partial charge in [-0.1, -0.05) is 17.7 Å². The molecular formula is C12H16ClNO3. The van der Waals surface area contributed by atoms with Crippen LogP contribution >= 0.6 is 11.6 Å². The van der Waals surface area contributed by atoms with Gasteiger partial charge < -0.3 is 15.2 Å². The smallest absolute Gasteiger partial charge is 0.303 e. The summed E-state index contributed by atoms with van der Waals surface area (Å²) in [5.74, 6) is -0.187. The van der Waals surface area contributed by atoms with E-state index in [4.69, 9.17) is 21.4 Å². The van der Waals surface area contributed by atoms with Gasteiger partial charge in [0.2, 0.25) is 0 Å². The third-order valence-corrected chi connectivity index (χ3v) is 2.87. The molecule has 17 heavy (non-hydrogen) atoms. The van der Waals surface area contributed by atoms with Crippen LogP contribution < -0.4 is 10.1 Å². The molecule has 0 amide bonds. The highest BCUT2D eigenvalue weighted by Crippen LogP contribution is 2.28. The Hall–Kier alpha value is -1.26. The van der Waals surface area contributed by atoms with Crippen molar-refractivity contribution in [3.05, 3.63) is 28.8 Å². The number of rotatable bonds is 6. The number of hydrogen-bond donors (Lipinski definition) is 2. The van der Waals surface area contributed by atoms with Crippen molar-refractivity contribution in [2.24, 2.45) is 0 Å². The van der Waals surface area contributed by atoms with Crippen LogP contribution in [0.15, 0.2) is 18.2 Å². The molecule has 0 aliphatic carbocycles. The van der Waals surface area contributed by atoms with Crippen molar-refractivity contribution in [2.45, 2.75) is 18.9 Å². The van der Waals surface area contributed by atoms with Gasteiger partial charge in [0.1, 0.15) is 5.75 Å². The first-order chi connectivity index (χ1) is 8.08. The van der Waals surface area contributed by atoms with Crippen LogP contribution in [0.1, 0.15) is 24.4 Å². The molecule has 1 aromatic carbocycles. The fourth-order valence-electron chi connectivity index (χ4n) is 1.64. The van der Waals surface area contributed by atoms with Crippen LogP contribution in [0.25, 0.3) is 0 Å². The van der Waals surface area contributed by atoms with Crippen LogP contribution in [0.3, 0.4) is 0 Å². The molecule has 0 spiro atoms. The molecule has 5 heteroatoms. The Labute approximate surface area is 106 Å². The van der Waals surface area contributed by atoms with Gasteiger partial charge >= 0.3 is 5.97 Å². The van der Waals surface area contributed by atoms with Crippen molar-refractivity contribution in [1.29, 1.82) is 0 Å². The summed E-state index contributed by atoms with van der Waals surface area (Å²) < 4.78 is 5.07. The van der Waals surface area contributed by atoms with Gasteiger partial charge in [-0.05, 0) is 31.2 Å². The predicted molar refractivity (Wildman–Crippen MR) is 66.7 cm³/mol. The maximum atomic E-state index is 10.5. The molecule has 0 aliphatic rings. The second-order valence-electron chi connectivity index (χ2n) is 3.67. The summed E-state index contributed by atoms with van der Waals surface area (Å²) >= 11 is 6.02. The minimum atomic E-state index is -0.801. The van der Waals surface area contributed by atoms with Gasteiger partial charge in [0, 0.05) is 12.5 Å². The molecule has 1 unspecified atom stereocenters. The van der Waals surface area contributed by atoms with E-state index < -0.39 is 5.97 Å². The normalized spacial score (nSPS) is 12.2. The number of carbonyl (C=O) groups is 1. The van der Waals surface area contributed by atoms with E-state index in [-0.39, 0.29) is 12.5 Å². The van der Waals surface area contributed by atoms with Gasteiger partial charge in [-0.15, -0.1) is 0 Å². The monoisotopic (exact) mass is 257 g/mol. The lowest BCUT2D eigenvalue weighted by molar-refractivity contribution is -0.137. The number of methoxy groups -OCH3 is 1. The minimum absolute atomic E-state index is 0.0190. The Kier molecular flexibility index (Phi) is 5.25. The van der Waals surface area contributed by atoms with Crippen LogP contribution in [0, 0.1) is 0 Å². The van der Waals surface area contributed by atoms with Crippen molar-refractivity contribution in [1.82, 2.24) is 5.32 Å². The highest BCUT2D eigenvalue weighted by atomic mass is 35.5. The molecule has 4 nitrogen and oxygen atoms in total. The fourth-order valence-corrected chi connectivity index (χ4v) is 1.91. The molecule has 0 bridgehead atoms. The first kappa shape index (κ1) is 13.8. The maximum absolute atomic E-state index is 10.5. The summed E-state index contributed by atoms with van der Waals surface area (Å²) in [6, 6.07) is 5.44. The van der Waals surface area contributed by atoms with E-state index >= 15 is 0 Å². The lowest BCUT2D eigenvalue weighted by atomic mass is 10.0. The molecule has 0 radical (unpaired) electrons. The number of aliphatic carboxylic acids is 1. The summed E-state index contributed by atoms with van der Waals surface area (Å²) in [4.78, 5) is 10.5. The first-order valence-corrected chi connectivity index (χ1v) is 5.68. The van der Waals surface area contributed by atoms with Gasteiger partial charge in [0.25, 0.3) is 0 Å². The molecule has 0 saturated heterocycles. The molecule has 94 valence electrons. The lowest BCUT2D eigenvalue weighted by Crippen LogP contribution is -2.17. The standard InChI is InChI=1S/C12H16ClNO3/c1-14-10(4-6-12(15)16)8-3-5-11(17-2)9(13)7-8/h3,5,7,10,14H,4,6H2,1-2H3,(H,15,16). The Balaban J connectivity index is 2.81. The summed E-state index contributed by atoms with van der Waals surface area (Å²) in [6.45, 7) is 0. The maximum Gasteiger partial charge on any atom is 0.303 e. The average molecular weight is 258 g/mol. The molecule has 0 aromatic heterocycles. The van der Waals surface area contributed by atoms with Crippen LogP contribution in [-0.4, -0.2) is 25.2 Å². The molecule has 1 atom stereocenters. The second kappa shape index (κ2) is 6.47. The highest BCUT2D eigenvalue weighted by Gasteiger charge is 2.13. The quantitative estimate of drug-likeness (QED) is 0.822.